The fourth-order valence-corrected chi connectivity index (χ4v) is 3.09. The molecule has 142 valence electrons. The smallest absolute Gasteiger partial charge is 0.272 e. The molecule has 0 radical (unpaired) electrons. The lowest BCUT2D eigenvalue weighted by Gasteiger charge is -2.27. The van der Waals surface area contributed by atoms with E-state index in [2.05, 4.69) is 15.4 Å². The molecule has 4 rings (SSSR count). The van der Waals surface area contributed by atoms with Gasteiger partial charge in [-0.3, -0.25) is 19.3 Å². The van der Waals surface area contributed by atoms with E-state index in [-0.39, 0.29) is 23.3 Å². The van der Waals surface area contributed by atoms with Crippen molar-refractivity contribution in [3.63, 3.8) is 0 Å². The van der Waals surface area contributed by atoms with Gasteiger partial charge in [-0.1, -0.05) is 18.2 Å². The maximum atomic E-state index is 13.1. The SMILES string of the molecule is O=C(NCc1cccnc1)c1cc2n(n1)CCN(Cc1ccc(F)cc1)C2=O. The molecule has 1 aliphatic heterocycles. The van der Waals surface area contributed by atoms with Gasteiger partial charge < -0.3 is 10.2 Å². The van der Waals surface area contributed by atoms with Gasteiger partial charge in [0.05, 0.1) is 6.54 Å². The second-order valence-corrected chi connectivity index (χ2v) is 6.54. The van der Waals surface area contributed by atoms with Crippen LogP contribution in [0.15, 0.2) is 54.9 Å². The van der Waals surface area contributed by atoms with Gasteiger partial charge in [-0.2, -0.15) is 5.10 Å². The predicted octanol–water partition coefficient (Wildman–Crippen LogP) is 2.00. The lowest BCUT2D eigenvalue weighted by molar-refractivity contribution is 0.0683. The van der Waals surface area contributed by atoms with Gasteiger partial charge in [0.15, 0.2) is 5.69 Å². The lowest BCUT2D eigenvalue weighted by atomic mass is 10.2. The van der Waals surface area contributed by atoms with Crippen molar-refractivity contribution in [2.75, 3.05) is 6.54 Å². The van der Waals surface area contributed by atoms with Crippen molar-refractivity contribution < 1.29 is 14.0 Å². The normalized spacial score (nSPS) is 13.3. The van der Waals surface area contributed by atoms with Gasteiger partial charge in [0.2, 0.25) is 0 Å². The van der Waals surface area contributed by atoms with Crippen LogP contribution >= 0.6 is 0 Å². The molecule has 0 saturated heterocycles. The Morgan fingerprint density at radius 3 is 2.71 bits per heavy atom. The van der Waals surface area contributed by atoms with E-state index in [1.165, 1.54) is 18.2 Å². The summed E-state index contributed by atoms with van der Waals surface area (Å²) in [4.78, 5) is 30.8. The van der Waals surface area contributed by atoms with Crippen LogP contribution in [0.3, 0.4) is 0 Å². The third-order valence-corrected chi connectivity index (χ3v) is 4.56. The summed E-state index contributed by atoms with van der Waals surface area (Å²) in [5.74, 6) is -0.855. The first-order valence-corrected chi connectivity index (χ1v) is 8.89. The number of fused-ring (bicyclic) bond motifs is 1. The second kappa shape index (κ2) is 7.59. The number of aromatic nitrogens is 3. The fourth-order valence-electron chi connectivity index (χ4n) is 3.09. The van der Waals surface area contributed by atoms with Gasteiger partial charge in [-0.15, -0.1) is 0 Å². The molecule has 0 unspecified atom stereocenters. The van der Waals surface area contributed by atoms with Crippen molar-refractivity contribution in [3.8, 4) is 0 Å². The highest BCUT2D eigenvalue weighted by molar-refractivity contribution is 5.98. The Bertz CT molecular complexity index is 1000. The number of carbonyl (C=O) groups is 2. The highest BCUT2D eigenvalue weighted by atomic mass is 19.1. The van der Waals surface area contributed by atoms with Crippen LogP contribution in [-0.2, 0) is 19.6 Å². The molecule has 0 saturated carbocycles. The number of hydrogen-bond acceptors (Lipinski definition) is 4. The third kappa shape index (κ3) is 3.75. The quantitative estimate of drug-likeness (QED) is 0.735. The van der Waals surface area contributed by atoms with Gasteiger partial charge in [0.25, 0.3) is 11.8 Å². The molecule has 0 spiro atoms. The van der Waals surface area contributed by atoms with Crippen LogP contribution in [0.25, 0.3) is 0 Å². The molecular weight excluding hydrogens is 361 g/mol. The van der Waals surface area contributed by atoms with E-state index in [1.54, 1.807) is 40.2 Å². The zero-order valence-electron chi connectivity index (χ0n) is 15.0. The first-order chi connectivity index (χ1) is 13.6. The minimum Gasteiger partial charge on any atom is -0.347 e. The summed E-state index contributed by atoms with van der Waals surface area (Å²) in [7, 11) is 0. The largest absolute Gasteiger partial charge is 0.347 e. The molecule has 0 fully saturated rings. The van der Waals surface area contributed by atoms with E-state index < -0.39 is 0 Å². The van der Waals surface area contributed by atoms with E-state index in [1.807, 2.05) is 6.07 Å². The molecule has 3 aromatic rings. The summed E-state index contributed by atoms with van der Waals surface area (Å²) < 4.78 is 14.6. The molecule has 2 aromatic heterocycles. The van der Waals surface area contributed by atoms with Crippen LogP contribution in [0.1, 0.15) is 32.1 Å². The number of hydrogen-bond donors (Lipinski definition) is 1. The minimum atomic E-state index is -0.344. The highest BCUT2D eigenvalue weighted by Crippen LogP contribution is 2.17. The number of pyridine rings is 1. The Hall–Kier alpha value is -3.55. The Morgan fingerprint density at radius 1 is 1.14 bits per heavy atom. The maximum Gasteiger partial charge on any atom is 0.272 e. The fraction of sp³-hybridized carbons (Fsp3) is 0.200. The third-order valence-electron chi connectivity index (χ3n) is 4.56. The lowest BCUT2D eigenvalue weighted by Crippen LogP contribution is -2.39. The molecule has 0 atom stereocenters. The maximum absolute atomic E-state index is 13.1. The van der Waals surface area contributed by atoms with Crippen LogP contribution in [0, 0.1) is 5.82 Å². The average Bonchev–Trinajstić information content (AvgIpc) is 3.16. The summed E-state index contributed by atoms with van der Waals surface area (Å²) in [6.45, 7) is 1.69. The van der Waals surface area contributed by atoms with Crippen LogP contribution in [-0.4, -0.2) is 38.0 Å². The van der Waals surface area contributed by atoms with E-state index in [0.29, 0.717) is 31.9 Å². The second-order valence-electron chi connectivity index (χ2n) is 6.54. The molecule has 0 aliphatic carbocycles. The molecule has 7 nitrogen and oxygen atoms in total. The topological polar surface area (TPSA) is 80.1 Å². The summed E-state index contributed by atoms with van der Waals surface area (Å²) in [6, 6.07) is 11.2. The summed E-state index contributed by atoms with van der Waals surface area (Å²) in [6.07, 6.45) is 3.34. The van der Waals surface area contributed by atoms with Gasteiger partial charge >= 0.3 is 0 Å². The summed E-state index contributed by atoms with van der Waals surface area (Å²) in [5.41, 5.74) is 2.30. The van der Waals surface area contributed by atoms with Gasteiger partial charge in [0, 0.05) is 38.1 Å². The first kappa shape index (κ1) is 17.8. The van der Waals surface area contributed by atoms with Gasteiger partial charge in [-0.05, 0) is 29.3 Å². The Labute approximate surface area is 160 Å². The van der Waals surface area contributed by atoms with Crippen LogP contribution in [0.4, 0.5) is 4.39 Å². The van der Waals surface area contributed by atoms with Gasteiger partial charge in [-0.25, -0.2) is 4.39 Å². The molecule has 1 aliphatic rings. The molecule has 3 heterocycles. The Kier molecular flexibility index (Phi) is 4.84. The number of benzene rings is 1. The zero-order chi connectivity index (χ0) is 19.5. The monoisotopic (exact) mass is 379 g/mol. The molecule has 2 amide bonds. The number of amides is 2. The Balaban J connectivity index is 1.44. The van der Waals surface area contributed by atoms with Crippen molar-refractivity contribution >= 4 is 11.8 Å². The first-order valence-electron chi connectivity index (χ1n) is 8.89. The van der Waals surface area contributed by atoms with E-state index in [9.17, 15) is 14.0 Å². The highest BCUT2D eigenvalue weighted by Gasteiger charge is 2.27. The number of halogens is 1. The Morgan fingerprint density at radius 2 is 1.96 bits per heavy atom. The molecule has 0 bridgehead atoms. The number of carbonyl (C=O) groups excluding carboxylic acids is 2. The number of nitrogens with one attached hydrogen (secondary N) is 1. The molecule has 28 heavy (non-hydrogen) atoms. The van der Waals surface area contributed by atoms with Crippen molar-refractivity contribution in [1.29, 1.82) is 0 Å². The molecule has 1 aromatic carbocycles. The van der Waals surface area contributed by atoms with E-state index >= 15 is 0 Å². The van der Waals surface area contributed by atoms with Crippen molar-refractivity contribution in [2.24, 2.45) is 0 Å². The molecule has 8 heteroatoms. The van der Waals surface area contributed by atoms with Crippen molar-refractivity contribution in [1.82, 2.24) is 25.0 Å². The summed E-state index contributed by atoms with van der Waals surface area (Å²) in [5, 5.41) is 7.04. The average molecular weight is 379 g/mol. The molecular formula is C20H18FN5O2. The summed E-state index contributed by atoms with van der Waals surface area (Å²) >= 11 is 0. The predicted molar refractivity (Wildman–Crippen MR) is 98.8 cm³/mol. The minimum absolute atomic E-state index is 0.200. The molecule has 1 N–H and O–H groups in total. The van der Waals surface area contributed by atoms with Crippen molar-refractivity contribution in [2.45, 2.75) is 19.6 Å². The zero-order valence-corrected chi connectivity index (χ0v) is 15.0. The van der Waals surface area contributed by atoms with Gasteiger partial charge in [0.1, 0.15) is 11.5 Å². The number of rotatable bonds is 5. The van der Waals surface area contributed by atoms with E-state index in [0.717, 1.165) is 11.1 Å². The van der Waals surface area contributed by atoms with Crippen LogP contribution < -0.4 is 5.32 Å². The van der Waals surface area contributed by atoms with Crippen LogP contribution in [0.2, 0.25) is 0 Å². The van der Waals surface area contributed by atoms with Crippen molar-refractivity contribution in [3.05, 3.63) is 83.2 Å². The number of nitrogens with zero attached hydrogens (tertiary/aromatic N) is 4. The van der Waals surface area contributed by atoms with E-state index in [4.69, 9.17) is 0 Å². The van der Waals surface area contributed by atoms with Crippen LogP contribution in [0.5, 0.6) is 0 Å². The standard InChI is InChI=1S/C20H18FN5O2/c21-16-5-3-14(4-6-16)13-25-8-9-26-18(20(25)28)10-17(24-26)19(27)23-12-15-2-1-7-22-11-15/h1-7,10-11H,8-9,12-13H2,(H,23,27).